The molecule has 4 heterocycles. The lowest BCUT2D eigenvalue weighted by molar-refractivity contribution is -0.145. The topological polar surface area (TPSA) is 38.8 Å². The van der Waals surface area contributed by atoms with Gasteiger partial charge in [0.2, 0.25) is 5.91 Å². The van der Waals surface area contributed by atoms with Crippen LogP contribution in [-0.2, 0) is 4.79 Å². The first-order valence-corrected chi connectivity index (χ1v) is 13.9. The molecule has 1 aromatic rings. The fourth-order valence-corrected chi connectivity index (χ4v) is 8.09. The zero-order valence-corrected chi connectivity index (χ0v) is 20.9. The van der Waals surface area contributed by atoms with Crippen LogP contribution >= 0.6 is 0 Å². The molecule has 4 aliphatic heterocycles. The number of hydrogen-bond donors (Lipinski definition) is 1. The molecule has 1 amide bonds. The van der Waals surface area contributed by atoms with Crippen LogP contribution in [0.25, 0.3) is 0 Å². The lowest BCUT2D eigenvalue weighted by Gasteiger charge is -2.49. The van der Waals surface area contributed by atoms with Crippen LogP contribution in [0.15, 0.2) is 42.2 Å². The third-order valence-electron chi connectivity index (χ3n) is 9.83. The number of carbonyl (C=O) groups is 1. The van der Waals surface area contributed by atoms with Crippen molar-refractivity contribution < 1.29 is 4.79 Å². The van der Waals surface area contributed by atoms with Crippen LogP contribution in [0, 0.1) is 11.8 Å². The van der Waals surface area contributed by atoms with Gasteiger partial charge in [-0.1, -0.05) is 49.6 Å². The molecule has 3 saturated heterocycles. The van der Waals surface area contributed by atoms with E-state index in [0.717, 1.165) is 52.1 Å². The monoisotopic (exact) mass is 462 g/mol. The number of carbonyl (C=O) groups excluding carboxylic acids is 1. The van der Waals surface area contributed by atoms with Crippen LogP contribution in [0.5, 0.6) is 0 Å². The molecule has 1 aliphatic carbocycles. The van der Waals surface area contributed by atoms with Crippen LogP contribution in [0.3, 0.4) is 0 Å². The number of fused-ring (bicyclic) bond motifs is 3. The van der Waals surface area contributed by atoms with Gasteiger partial charge in [0.25, 0.3) is 0 Å². The minimum Gasteiger partial charge on any atom is -0.358 e. The van der Waals surface area contributed by atoms with E-state index in [1.807, 2.05) is 0 Å². The summed E-state index contributed by atoms with van der Waals surface area (Å²) in [5, 5.41) is 3.68. The van der Waals surface area contributed by atoms with Crippen molar-refractivity contribution in [1.82, 2.24) is 20.0 Å². The van der Waals surface area contributed by atoms with Gasteiger partial charge in [-0.25, -0.2) is 0 Å². The fraction of sp³-hybridized carbons (Fsp3) is 0.690. The van der Waals surface area contributed by atoms with Crippen molar-refractivity contribution in [2.75, 3.05) is 32.8 Å². The largest absolute Gasteiger partial charge is 0.358 e. The van der Waals surface area contributed by atoms with Crippen LogP contribution in [0.2, 0.25) is 0 Å². The van der Waals surface area contributed by atoms with E-state index in [9.17, 15) is 4.79 Å². The summed E-state index contributed by atoms with van der Waals surface area (Å²) in [6.07, 6.45) is 13.5. The highest BCUT2D eigenvalue weighted by Crippen LogP contribution is 2.44. The van der Waals surface area contributed by atoms with E-state index in [2.05, 4.69) is 63.5 Å². The average molecular weight is 463 g/mol. The number of hydrogen-bond acceptors (Lipinski definition) is 4. The number of piperidine rings is 1. The summed E-state index contributed by atoms with van der Waals surface area (Å²) in [6, 6.07) is 11.5. The maximum Gasteiger partial charge on any atom is 0.229 e. The van der Waals surface area contributed by atoms with Gasteiger partial charge in [-0.15, -0.1) is 0 Å². The third-order valence-corrected chi connectivity index (χ3v) is 9.83. The van der Waals surface area contributed by atoms with Gasteiger partial charge < -0.3 is 20.0 Å². The smallest absolute Gasteiger partial charge is 0.229 e. The first-order chi connectivity index (χ1) is 16.7. The third kappa shape index (κ3) is 3.84. The minimum atomic E-state index is -0.0592. The van der Waals surface area contributed by atoms with E-state index in [0.29, 0.717) is 23.8 Å². The Morgan fingerprint density at radius 1 is 1.03 bits per heavy atom. The Labute approximate surface area is 205 Å². The molecular weight excluding hydrogens is 420 g/mol. The Hall–Kier alpha value is -2.01. The molecular formula is C29H42N4O. The molecule has 34 heavy (non-hydrogen) atoms. The second-order valence-electron chi connectivity index (χ2n) is 11.7. The van der Waals surface area contributed by atoms with E-state index in [1.165, 1.54) is 49.8 Å². The van der Waals surface area contributed by atoms with E-state index in [1.54, 1.807) is 0 Å². The van der Waals surface area contributed by atoms with Crippen molar-refractivity contribution in [2.24, 2.45) is 11.8 Å². The van der Waals surface area contributed by atoms with Gasteiger partial charge in [-0.3, -0.25) is 4.79 Å². The Morgan fingerprint density at radius 2 is 1.85 bits per heavy atom. The summed E-state index contributed by atoms with van der Waals surface area (Å²) in [5.41, 5.74) is 2.75. The van der Waals surface area contributed by atoms with E-state index in [4.69, 9.17) is 0 Å². The van der Waals surface area contributed by atoms with Gasteiger partial charge in [0.15, 0.2) is 0 Å². The minimum absolute atomic E-state index is 0.0592. The summed E-state index contributed by atoms with van der Waals surface area (Å²) in [7, 11) is 0. The Morgan fingerprint density at radius 3 is 2.68 bits per heavy atom. The van der Waals surface area contributed by atoms with Crippen molar-refractivity contribution in [3.8, 4) is 0 Å². The molecule has 4 atom stereocenters. The van der Waals surface area contributed by atoms with Gasteiger partial charge in [0.05, 0.1) is 18.1 Å². The summed E-state index contributed by atoms with van der Waals surface area (Å²) in [4.78, 5) is 21.9. The normalized spacial score (nSPS) is 34.4. The predicted molar refractivity (Wildman–Crippen MR) is 136 cm³/mol. The highest BCUT2D eigenvalue weighted by atomic mass is 16.2. The Kier molecular flexibility index (Phi) is 6.09. The van der Waals surface area contributed by atoms with Crippen LogP contribution < -0.4 is 5.32 Å². The van der Waals surface area contributed by atoms with Crippen molar-refractivity contribution in [1.29, 1.82) is 0 Å². The molecule has 184 valence electrons. The first-order valence-electron chi connectivity index (χ1n) is 13.9. The van der Waals surface area contributed by atoms with Crippen LogP contribution in [0.1, 0.15) is 76.2 Å². The molecule has 1 saturated carbocycles. The summed E-state index contributed by atoms with van der Waals surface area (Å²) >= 11 is 0. The molecule has 0 unspecified atom stereocenters. The quantitative estimate of drug-likeness (QED) is 0.716. The molecule has 1 aromatic carbocycles. The molecule has 1 N–H and O–H groups in total. The Balaban J connectivity index is 1.28. The molecule has 2 bridgehead atoms. The maximum atomic E-state index is 14.5. The van der Waals surface area contributed by atoms with Gasteiger partial charge in [-0.05, 0) is 62.8 Å². The molecule has 5 heteroatoms. The zero-order valence-electron chi connectivity index (χ0n) is 20.9. The number of benzene rings is 1. The van der Waals surface area contributed by atoms with Crippen molar-refractivity contribution >= 4 is 5.91 Å². The summed E-state index contributed by atoms with van der Waals surface area (Å²) < 4.78 is 0. The van der Waals surface area contributed by atoms with Gasteiger partial charge >= 0.3 is 0 Å². The molecule has 5 aliphatic rings. The lowest BCUT2D eigenvalue weighted by Crippen LogP contribution is -2.60. The number of likely N-dealkylation sites (tertiary alicyclic amines) is 1. The number of rotatable bonds is 3. The van der Waals surface area contributed by atoms with Gasteiger partial charge in [0.1, 0.15) is 0 Å². The molecule has 6 rings (SSSR count). The standard InChI is InChI=1S/C29H42N4O/c1-22-19-31-15-8-14-29(33(22)21-31)20-30-18-26(29)28(34)32-16-13-25(23-9-4-2-5-10-23)17-27(32)24-11-6-3-7-12-24/h2,4-5,9-10,19,24-27,30H,3,6-8,11-18,20-21H2,1H3/t25-,26+,27+,29-/m1/s1. The van der Waals surface area contributed by atoms with Crippen molar-refractivity contribution in [2.45, 2.75) is 82.2 Å². The van der Waals surface area contributed by atoms with Crippen LogP contribution in [-0.4, -0.2) is 65.0 Å². The SMILES string of the molecule is CC1=CN2CCC[C@]3(CNC[C@H]3C(=O)N3CC[C@@H](c4ccccc4)C[C@H]3C3CCCCC3)N1C2. The van der Waals surface area contributed by atoms with Gasteiger partial charge in [-0.2, -0.15) is 0 Å². The van der Waals surface area contributed by atoms with Crippen molar-refractivity contribution in [3.63, 3.8) is 0 Å². The molecule has 0 radical (unpaired) electrons. The van der Waals surface area contributed by atoms with Gasteiger partial charge in [0, 0.05) is 44.1 Å². The van der Waals surface area contributed by atoms with Crippen LogP contribution in [0.4, 0.5) is 0 Å². The predicted octanol–water partition coefficient (Wildman–Crippen LogP) is 4.53. The van der Waals surface area contributed by atoms with E-state index >= 15 is 0 Å². The number of amides is 1. The highest BCUT2D eigenvalue weighted by molar-refractivity contribution is 5.82. The second kappa shape index (κ2) is 9.22. The first kappa shape index (κ1) is 22.5. The zero-order chi connectivity index (χ0) is 23.1. The Bertz CT molecular complexity index is 910. The van der Waals surface area contributed by atoms with E-state index in [-0.39, 0.29) is 11.5 Å². The second-order valence-corrected chi connectivity index (χ2v) is 11.7. The number of nitrogens with zero attached hydrogens (tertiary/aromatic N) is 3. The molecule has 4 fully saturated rings. The molecule has 5 nitrogen and oxygen atoms in total. The summed E-state index contributed by atoms with van der Waals surface area (Å²) in [6.45, 7) is 7.01. The molecule has 1 spiro atoms. The highest BCUT2D eigenvalue weighted by Gasteiger charge is 2.55. The molecule has 0 aromatic heterocycles. The summed E-state index contributed by atoms with van der Waals surface area (Å²) in [5.74, 6) is 1.77. The van der Waals surface area contributed by atoms with Crippen molar-refractivity contribution in [3.05, 3.63) is 47.8 Å². The van der Waals surface area contributed by atoms with E-state index < -0.39 is 0 Å². The number of allylic oxidation sites excluding steroid dienone is 1. The average Bonchev–Trinajstić information content (AvgIpc) is 3.42. The number of nitrogens with one attached hydrogen (secondary N) is 1. The maximum absolute atomic E-state index is 14.5. The lowest BCUT2D eigenvalue weighted by atomic mass is 9.74. The fourth-order valence-electron chi connectivity index (χ4n) is 8.09.